The van der Waals surface area contributed by atoms with Crippen molar-refractivity contribution in [2.24, 2.45) is 0 Å². The maximum Gasteiger partial charge on any atom is 0.125 e. The topological polar surface area (TPSA) is 49.1 Å². The number of benzene rings is 2. The van der Waals surface area contributed by atoms with Crippen molar-refractivity contribution in [3.05, 3.63) is 101 Å². The molecule has 0 saturated carbocycles. The van der Waals surface area contributed by atoms with Crippen LogP contribution in [0, 0.1) is 11.3 Å². The molecular formula is C23H19N3O. The number of hydrogen-bond acceptors (Lipinski definition) is 4. The lowest BCUT2D eigenvalue weighted by molar-refractivity contribution is 0.337. The van der Waals surface area contributed by atoms with Crippen molar-refractivity contribution >= 4 is 5.57 Å². The minimum absolute atomic E-state index is 0.660. The molecule has 1 aromatic heterocycles. The molecule has 1 aliphatic rings. The van der Waals surface area contributed by atoms with Gasteiger partial charge in [0.15, 0.2) is 0 Å². The van der Waals surface area contributed by atoms with E-state index in [1.807, 2.05) is 54.6 Å². The Morgan fingerprint density at radius 1 is 1.07 bits per heavy atom. The van der Waals surface area contributed by atoms with Gasteiger partial charge in [0.1, 0.15) is 17.5 Å². The van der Waals surface area contributed by atoms with Gasteiger partial charge >= 0.3 is 0 Å². The van der Waals surface area contributed by atoms with Gasteiger partial charge in [0, 0.05) is 31.1 Å². The van der Waals surface area contributed by atoms with Crippen LogP contribution in [-0.4, -0.2) is 17.0 Å². The molecule has 2 aromatic carbocycles. The van der Waals surface area contributed by atoms with Crippen molar-refractivity contribution in [1.82, 2.24) is 9.88 Å². The fourth-order valence-electron chi connectivity index (χ4n) is 3.49. The third-order valence-corrected chi connectivity index (χ3v) is 4.79. The van der Waals surface area contributed by atoms with Gasteiger partial charge in [-0.2, -0.15) is 5.26 Å². The highest BCUT2D eigenvalue weighted by atomic mass is 16.5. The van der Waals surface area contributed by atoms with Crippen LogP contribution in [0.15, 0.2) is 78.8 Å². The maximum absolute atomic E-state index is 10.0. The lowest BCUT2D eigenvalue weighted by Crippen LogP contribution is -2.27. The Hall–Kier alpha value is -3.58. The predicted octanol–water partition coefficient (Wildman–Crippen LogP) is 4.39. The molecule has 4 rings (SSSR count). The Labute approximate surface area is 159 Å². The van der Waals surface area contributed by atoms with E-state index in [1.165, 1.54) is 5.56 Å². The largest absolute Gasteiger partial charge is 0.497 e. The van der Waals surface area contributed by atoms with E-state index in [-0.39, 0.29) is 0 Å². The number of fused-ring (bicyclic) bond motifs is 1. The van der Waals surface area contributed by atoms with Crippen LogP contribution >= 0.6 is 0 Å². The monoisotopic (exact) mass is 353 g/mol. The number of nitrogens with zero attached hydrogens (tertiary/aromatic N) is 3. The molecule has 1 aliphatic heterocycles. The normalized spacial score (nSPS) is 13.1. The zero-order chi connectivity index (χ0) is 18.6. The van der Waals surface area contributed by atoms with Crippen LogP contribution in [0.3, 0.4) is 0 Å². The molecular weight excluding hydrogens is 334 g/mol. The first kappa shape index (κ1) is 16.9. The van der Waals surface area contributed by atoms with Gasteiger partial charge in [-0.05, 0) is 46.5 Å². The van der Waals surface area contributed by atoms with Crippen molar-refractivity contribution in [3.8, 4) is 11.8 Å². The van der Waals surface area contributed by atoms with Crippen LogP contribution in [0.5, 0.6) is 5.75 Å². The summed E-state index contributed by atoms with van der Waals surface area (Å²) in [5.74, 6) is 0.794. The summed E-state index contributed by atoms with van der Waals surface area (Å²) < 4.78 is 5.43. The average molecular weight is 353 g/mol. The van der Waals surface area contributed by atoms with Crippen LogP contribution < -0.4 is 4.74 Å². The van der Waals surface area contributed by atoms with E-state index >= 15 is 0 Å². The summed E-state index contributed by atoms with van der Waals surface area (Å²) >= 11 is 0. The zero-order valence-corrected chi connectivity index (χ0v) is 15.1. The molecule has 0 atom stereocenters. The Morgan fingerprint density at radius 2 is 1.85 bits per heavy atom. The van der Waals surface area contributed by atoms with Crippen molar-refractivity contribution in [2.45, 2.75) is 13.1 Å². The summed E-state index contributed by atoms with van der Waals surface area (Å²) in [6.45, 7) is 1.34. The van der Waals surface area contributed by atoms with Gasteiger partial charge in [0.05, 0.1) is 7.11 Å². The number of ether oxygens (including phenoxy) is 1. The van der Waals surface area contributed by atoms with Gasteiger partial charge in [-0.3, -0.25) is 4.98 Å². The van der Waals surface area contributed by atoms with Gasteiger partial charge < -0.3 is 9.64 Å². The molecule has 0 fully saturated rings. The second-order valence-corrected chi connectivity index (χ2v) is 6.44. The minimum atomic E-state index is 0.660. The van der Waals surface area contributed by atoms with E-state index in [1.54, 1.807) is 19.5 Å². The van der Waals surface area contributed by atoms with Gasteiger partial charge in [-0.25, -0.2) is 0 Å². The molecule has 0 spiro atoms. The van der Waals surface area contributed by atoms with Gasteiger partial charge in [-0.15, -0.1) is 0 Å². The van der Waals surface area contributed by atoms with Crippen LogP contribution in [0.4, 0.5) is 0 Å². The molecule has 4 heteroatoms. The fourth-order valence-corrected chi connectivity index (χ4v) is 3.49. The van der Waals surface area contributed by atoms with Gasteiger partial charge in [0.25, 0.3) is 0 Å². The van der Waals surface area contributed by atoms with E-state index in [0.717, 1.165) is 28.0 Å². The number of aromatic nitrogens is 1. The lowest BCUT2D eigenvalue weighted by atomic mass is 9.88. The minimum Gasteiger partial charge on any atom is -0.497 e. The molecule has 0 unspecified atom stereocenters. The zero-order valence-electron chi connectivity index (χ0n) is 15.1. The Kier molecular flexibility index (Phi) is 4.59. The Morgan fingerprint density at radius 3 is 2.56 bits per heavy atom. The molecule has 27 heavy (non-hydrogen) atoms. The van der Waals surface area contributed by atoms with Crippen LogP contribution in [0.2, 0.25) is 0 Å². The van der Waals surface area contributed by atoms with Crippen molar-refractivity contribution in [1.29, 1.82) is 5.26 Å². The third kappa shape index (κ3) is 3.28. The molecule has 0 aliphatic carbocycles. The predicted molar refractivity (Wildman–Crippen MR) is 105 cm³/mol. The summed E-state index contributed by atoms with van der Waals surface area (Å²) in [5, 5.41) is 10.0. The van der Waals surface area contributed by atoms with E-state index in [9.17, 15) is 5.26 Å². The third-order valence-electron chi connectivity index (χ3n) is 4.79. The fraction of sp³-hybridized carbons (Fsp3) is 0.130. The number of pyridine rings is 1. The summed E-state index contributed by atoms with van der Waals surface area (Å²) in [5.41, 5.74) is 6.03. The lowest BCUT2D eigenvalue weighted by Gasteiger charge is -2.32. The van der Waals surface area contributed by atoms with E-state index in [0.29, 0.717) is 18.8 Å². The van der Waals surface area contributed by atoms with Crippen molar-refractivity contribution in [3.63, 3.8) is 0 Å². The first-order valence-corrected chi connectivity index (χ1v) is 8.81. The summed E-state index contributed by atoms with van der Waals surface area (Å²) in [7, 11) is 1.66. The Balaban J connectivity index is 1.88. The molecule has 132 valence electrons. The van der Waals surface area contributed by atoms with E-state index < -0.39 is 0 Å². The van der Waals surface area contributed by atoms with Gasteiger partial charge in [0.2, 0.25) is 0 Å². The summed E-state index contributed by atoms with van der Waals surface area (Å²) in [4.78, 5) is 6.22. The van der Waals surface area contributed by atoms with Crippen molar-refractivity contribution in [2.75, 3.05) is 7.11 Å². The van der Waals surface area contributed by atoms with Crippen LogP contribution in [-0.2, 0) is 13.1 Å². The molecule has 2 heterocycles. The van der Waals surface area contributed by atoms with Gasteiger partial charge in [-0.1, -0.05) is 36.4 Å². The van der Waals surface area contributed by atoms with Crippen LogP contribution in [0.1, 0.15) is 22.3 Å². The molecule has 0 bridgehead atoms. The molecule has 0 amide bonds. The quantitative estimate of drug-likeness (QED) is 0.698. The van der Waals surface area contributed by atoms with E-state index in [2.05, 4.69) is 22.0 Å². The number of nitriles is 1. The number of hydrogen-bond donors (Lipinski definition) is 0. The highest BCUT2D eigenvalue weighted by Gasteiger charge is 2.26. The smallest absolute Gasteiger partial charge is 0.125 e. The standard InChI is InChI=1S/C23H19N3O/c1-27-20-8-7-19-16-26(15-17-9-11-25-12-10-17)22(14-24)23(21(19)13-20)18-5-3-2-4-6-18/h2-13H,15-16H2,1H3. The van der Waals surface area contributed by atoms with E-state index in [4.69, 9.17) is 4.74 Å². The highest BCUT2D eigenvalue weighted by Crippen LogP contribution is 2.38. The molecule has 0 N–H and O–H groups in total. The Bertz CT molecular complexity index is 1020. The van der Waals surface area contributed by atoms with Crippen molar-refractivity contribution < 1.29 is 4.74 Å². The molecule has 0 saturated heterocycles. The summed E-state index contributed by atoms with van der Waals surface area (Å²) in [6, 6.07) is 22.6. The number of rotatable bonds is 4. The first-order valence-electron chi connectivity index (χ1n) is 8.81. The second kappa shape index (κ2) is 7.35. The molecule has 3 aromatic rings. The molecule has 0 radical (unpaired) electrons. The average Bonchev–Trinajstić information content (AvgIpc) is 2.73. The number of methoxy groups -OCH3 is 1. The highest BCUT2D eigenvalue weighted by molar-refractivity contribution is 5.86. The molecule has 4 nitrogen and oxygen atoms in total. The first-order chi connectivity index (χ1) is 13.3. The number of allylic oxidation sites excluding steroid dienone is 1. The summed E-state index contributed by atoms with van der Waals surface area (Å²) in [6.07, 6.45) is 3.57. The maximum atomic E-state index is 10.0. The second-order valence-electron chi connectivity index (χ2n) is 6.44. The van der Waals surface area contributed by atoms with Crippen LogP contribution in [0.25, 0.3) is 5.57 Å². The SMILES string of the molecule is COc1ccc2c(c1)C(c1ccccc1)=C(C#N)N(Cc1ccncc1)C2.